The van der Waals surface area contributed by atoms with E-state index in [-0.39, 0.29) is 11.6 Å². The van der Waals surface area contributed by atoms with Crippen LogP contribution in [0.1, 0.15) is 45.1 Å². The van der Waals surface area contributed by atoms with Crippen LogP contribution in [0.15, 0.2) is 28.7 Å². The number of rotatable bonds is 5. The molecule has 0 spiro atoms. The van der Waals surface area contributed by atoms with Gasteiger partial charge in [-0.2, -0.15) is 0 Å². The van der Waals surface area contributed by atoms with E-state index in [0.717, 1.165) is 36.3 Å². The van der Waals surface area contributed by atoms with Crippen molar-refractivity contribution in [2.24, 2.45) is 11.7 Å². The van der Waals surface area contributed by atoms with Crippen molar-refractivity contribution in [1.82, 2.24) is 0 Å². The molecule has 1 aromatic rings. The predicted octanol–water partition coefficient (Wildman–Crippen LogP) is 4.30. The third-order valence-electron chi connectivity index (χ3n) is 4.57. The smallest absolute Gasteiger partial charge is 0.0835 e. The summed E-state index contributed by atoms with van der Waals surface area (Å²) in [6.07, 6.45) is 5.53. The van der Waals surface area contributed by atoms with Gasteiger partial charge >= 0.3 is 0 Å². The first-order valence-electron chi connectivity index (χ1n) is 7.70. The van der Waals surface area contributed by atoms with Crippen molar-refractivity contribution in [3.8, 4) is 0 Å². The number of ether oxygens (including phenoxy) is 1. The fourth-order valence-corrected chi connectivity index (χ4v) is 3.71. The minimum absolute atomic E-state index is 0.0734. The zero-order valence-electron chi connectivity index (χ0n) is 12.6. The monoisotopic (exact) mass is 339 g/mol. The van der Waals surface area contributed by atoms with Crippen molar-refractivity contribution in [3.05, 3.63) is 34.3 Å². The summed E-state index contributed by atoms with van der Waals surface area (Å²) in [5, 5.41) is 0. The fourth-order valence-electron chi connectivity index (χ4n) is 3.26. The second-order valence-corrected chi connectivity index (χ2v) is 7.04. The molecule has 1 aliphatic carbocycles. The van der Waals surface area contributed by atoms with E-state index in [1.807, 2.05) is 0 Å². The van der Waals surface area contributed by atoms with Crippen LogP contribution in [0.5, 0.6) is 0 Å². The van der Waals surface area contributed by atoms with E-state index in [1.54, 1.807) is 0 Å². The van der Waals surface area contributed by atoms with Gasteiger partial charge in [0.15, 0.2) is 0 Å². The Hall–Kier alpha value is -0.380. The van der Waals surface area contributed by atoms with Crippen LogP contribution in [0.2, 0.25) is 0 Å². The molecule has 112 valence electrons. The molecule has 1 atom stereocenters. The van der Waals surface area contributed by atoms with Crippen LogP contribution in [0.3, 0.4) is 0 Å². The number of hydrogen-bond donors (Lipinski definition) is 1. The minimum Gasteiger partial charge on any atom is -0.374 e. The molecular formula is C17H26BrNO. The lowest BCUT2D eigenvalue weighted by Gasteiger charge is -2.43. The molecule has 1 aromatic carbocycles. The minimum atomic E-state index is -0.121. The van der Waals surface area contributed by atoms with Crippen molar-refractivity contribution in [3.63, 3.8) is 0 Å². The van der Waals surface area contributed by atoms with Gasteiger partial charge in [0, 0.05) is 17.1 Å². The summed E-state index contributed by atoms with van der Waals surface area (Å²) in [5.74, 6) is 0.807. The van der Waals surface area contributed by atoms with E-state index in [9.17, 15) is 0 Å². The first kappa shape index (κ1) is 16.0. The Bertz CT molecular complexity index is 427. The lowest BCUT2D eigenvalue weighted by Crippen LogP contribution is -2.53. The van der Waals surface area contributed by atoms with Gasteiger partial charge < -0.3 is 10.5 Å². The van der Waals surface area contributed by atoms with Gasteiger partial charge in [-0.3, -0.25) is 0 Å². The van der Waals surface area contributed by atoms with E-state index in [0.29, 0.717) is 0 Å². The number of benzene rings is 1. The quantitative estimate of drug-likeness (QED) is 0.867. The van der Waals surface area contributed by atoms with Crippen LogP contribution in [0.4, 0.5) is 0 Å². The maximum Gasteiger partial charge on any atom is 0.0835 e. The van der Waals surface area contributed by atoms with Gasteiger partial charge in [-0.05, 0) is 62.6 Å². The molecule has 2 N–H and O–H groups in total. The summed E-state index contributed by atoms with van der Waals surface area (Å²) in [6, 6.07) is 8.50. The van der Waals surface area contributed by atoms with Crippen LogP contribution in [-0.4, -0.2) is 18.2 Å². The molecule has 1 fully saturated rings. The van der Waals surface area contributed by atoms with E-state index in [4.69, 9.17) is 10.5 Å². The number of halogens is 1. The number of hydrogen-bond acceptors (Lipinski definition) is 2. The van der Waals surface area contributed by atoms with Crippen molar-refractivity contribution in [2.75, 3.05) is 6.61 Å². The van der Waals surface area contributed by atoms with Crippen LogP contribution in [-0.2, 0) is 11.2 Å². The lowest BCUT2D eigenvalue weighted by molar-refractivity contribution is -0.0883. The average Bonchev–Trinajstić information content (AvgIpc) is 2.42. The molecule has 0 heterocycles. The normalized spacial score (nSPS) is 28.3. The molecule has 0 saturated heterocycles. The second kappa shape index (κ2) is 7.06. The van der Waals surface area contributed by atoms with E-state index < -0.39 is 0 Å². The van der Waals surface area contributed by atoms with Gasteiger partial charge in [0.25, 0.3) is 0 Å². The third kappa shape index (κ3) is 3.84. The van der Waals surface area contributed by atoms with Crippen LogP contribution >= 0.6 is 15.9 Å². The van der Waals surface area contributed by atoms with Crippen molar-refractivity contribution < 1.29 is 4.74 Å². The van der Waals surface area contributed by atoms with E-state index in [2.05, 4.69) is 54.0 Å². The van der Waals surface area contributed by atoms with E-state index >= 15 is 0 Å². The SMILES string of the molecule is CCOC1(C(N)Cc2cccc(Br)c2)CCC(C)CC1. The molecule has 2 nitrogen and oxygen atoms in total. The Labute approximate surface area is 131 Å². The number of nitrogens with two attached hydrogens (primary N) is 1. The highest BCUT2D eigenvalue weighted by Crippen LogP contribution is 2.37. The summed E-state index contributed by atoms with van der Waals surface area (Å²) in [6.45, 7) is 5.15. The fraction of sp³-hybridized carbons (Fsp3) is 0.647. The van der Waals surface area contributed by atoms with Crippen LogP contribution < -0.4 is 5.73 Å². The summed E-state index contributed by atoms with van der Waals surface area (Å²) in [5.41, 5.74) is 7.72. The molecule has 3 heteroatoms. The highest BCUT2D eigenvalue weighted by molar-refractivity contribution is 9.10. The van der Waals surface area contributed by atoms with Crippen molar-refractivity contribution in [1.29, 1.82) is 0 Å². The maximum absolute atomic E-state index is 6.56. The Morgan fingerprint density at radius 2 is 2.10 bits per heavy atom. The summed E-state index contributed by atoms with van der Waals surface area (Å²) in [4.78, 5) is 0. The third-order valence-corrected chi connectivity index (χ3v) is 5.07. The topological polar surface area (TPSA) is 35.2 Å². The molecule has 0 bridgehead atoms. The second-order valence-electron chi connectivity index (χ2n) is 6.12. The molecular weight excluding hydrogens is 314 g/mol. The van der Waals surface area contributed by atoms with Gasteiger partial charge in [-0.1, -0.05) is 35.0 Å². The van der Waals surface area contributed by atoms with Gasteiger partial charge in [-0.15, -0.1) is 0 Å². The van der Waals surface area contributed by atoms with Gasteiger partial charge in [-0.25, -0.2) is 0 Å². The summed E-state index contributed by atoms with van der Waals surface area (Å²) in [7, 11) is 0. The van der Waals surface area contributed by atoms with Gasteiger partial charge in [0.2, 0.25) is 0 Å². The molecule has 0 amide bonds. The highest BCUT2D eigenvalue weighted by Gasteiger charge is 2.40. The maximum atomic E-state index is 6.56. The molecule has 1 saturated carbocycles. The largest absolute Gasteiger partial charge is 0.374 e. The van der Waals surface area contributed by atoms with Crippen molar-refractivity contribution in [2.45, 2.75) is 57.6 Å². The molecule has 1 unspecified atom stereocenters. The molecule has 0 aliphatic heterocycles. The van der Waals surface area contributed by atoms with Gasteiger partial charge in [0.05, 0.1) is 5.60 Å². The highest BCUT2D eigenvalue weighted by atomic mass is 79.9. The Kier molecular flexibility index (Phi) is 5.65. The molecule has 0 radical (unpaired) electrons. The average molecular weight is 340 g/mol. The predicted molar refractivity (Wildman–Crippen MR) is 87.8 cm³/mol. The summed E-state index contributed by atoms with van der Waals surface area (Å²) < 4.78 is 7.26. The zero-order chi connectivity index (χ0) is 14.6. The molecule has 20 heavy (non-hydrogen) atoms. The standard InChI is InChI=1S/C17H26BrNO/c1-3-20-17(9-7-13(2)8-10-17)16(19)12-14-5-4-6-15(18)11-14/h4-6,11,13,16H,3,7-10,12,19H2,1-2H3. The van der Waals surface area contributed by atoms with E-state index in [1.165, 1.54) is 18.4 Å². The first-order valence-corrected chi connectivity index (χ1v) is 8.49. The lowest BCUT2D eigenvalue weighted by atomic mass is 9.74. The van der Waals surface area contributed by atoms with Gasteiger partial charge in [0.1, 0.15) is 0 Å². The Morgan fingerprint density at radius 1 is 1.40 bits per heavy atom. The Balaban J connectivity index is 2.09. The molecule has 0 aromatic heterocycles. The molecule has 1 aliphatic rings. The van der Waals surface area contributed by atoms with Crippen LogP contribution in [0, 0.1) is 5.92 Å². The molecule has 2 rings (SSSR count). The first-order chi connectivity index (χ1) is 9.55. The zero-order valence-corrected chi connectivity index (χ0v) is 14.2. The summed E-state index contributed by atoms with van der Waals surface area (Å²) >= 11 is 3.53. The Morgan fingerprint density at radius 3 is 2.70 bits per heavy atom. The van der Waals surface area contributed by atoms with Crippen molar-refractivity contribution >= 4 is 15.9 Å². The van der Waals surface area contributed by atoms with Crippen LogP contribution in [0.25, 0.3) is 0 Å².